The van der Waals surface area contributed by atoms with E-state index in [0.29, 0.717) is 53.8 Å². The summed E-state index contributed by atoms with van der Waals surface area (Å²) in [6, 6.07) is 16.4. The summed E-state index contributed by atoms with van der Waals surface area (Å²) in [4.78, 5) is 21.4. The molecule has 4 aromatic rings. The molecule has 3 heterocycles. The molecular weight excluding hydrogens is 486 g/mol. The zero-order valence-corrected chi connectivity index (χ0v) is 21.9. The maximum Gasteiger partial charge on any atom is 0.254 e. The fraction of sp³-hybridized carbons (Fsp3) is 0.321. The van der Waals surface area contributed by atoms with Crippen LogP contribution < -0.4 is 14.2 Å². The molecule has 198 valence electrons. The molecule has 0 radical (unpaired) electrons. The summed E-state index contributed by atoms with van der Waals surface area (Å²) in [6.07, 6.45) is 0.774. The second kappa shape index (κ2) is 10.7. The predicted molar refractivity (Wildman–Crippen MR) is 142 cm³/mol. The molecule has 1 amide bonds. The van der Waals surface area contributed by atoms with Crippen molar-refractivity contribution in [2.45, 2.75) is 19.2 Å². The van der Waals surface area contributed by atoms with E-state index < -0.39 is 6.23 Å². The van der Waals surface area contributed by atoms with Crippen LogP contribution in [0.5, 0.6) is 17.2 Å². The maximum atomic E-state index is 13.1. The van der Waals surface area contributed by atoms with Crippen molar-refractivity contribution in [1.29, 1.82) is 0 Å². The Morgan fingerprint density at radius 2 is 1.82 bits per heavy atom. The minimum Gasteiger partial charge on any atom is -0.497 e. The Hall–Kier alpha value is -4.15. The number of hydrogen-bond acceptors (Lipinski definition) is 8. The first-order valence-electron chi connectivity index (χ1n) is 12.4. The van der Waals surface area contributed by atoms with Crippen LogP contribution in [0.2, 0.25) is 0 Å². The largest absolute Gasteiger partial charge is 0.497 e. The van der Waals surface area contributed by atoms with Crippen LogP contribution in [0.25, 0.3) is 16.9 Å². The van der Waals surface area contributed by atoms with Crippen molar-refractivity contribution in [2.24, 2.45) is 0 Å². The topological polar surface area (TPSA) is 102 Å². The van der Waals surface area contributed by atoms with E-state index in [0.717, 1.165) is 11.3 Å². The number of piperazine rings is 1. The second-order valence-electron chi connectivity index (χ2n) is 9.19. The summed E-state index contributed by atoms with van der Waals surface area (Å²) in [7, 11) is 4.77. The number of ether oxygens (including phenoxy) is 3. The first kappa shape index (κ1) is 25.5. The molecule has 38 heavy (non-hydrogen) atoms. The molecule has 2 atom stereocenters. The van der Waals surface area contributed by atoms with Crippen molar-refractivity contribution in [1.82, 2.24) is 24.4 Å². The Morgan fingerprint density at radius 1 is 1.00 bits per heavy atom. The van der Waals surface area contributed by atoms with Gasteiger partial charge in [0.15, 0.2) is 23.4 Å². The highest BCUT2D eigenvalue weighted by Gasteiger charge is 2.32. The number of carbonyl (C=O) groups excluding carboxylic acids is 1. The van der Waals surface area contributed by atoms with E-state index in [1.165, 1.54) is 0 Å². The maximum absolute atomic E-state index is 13.1. The molecule has 10 heteroatoms. The van der Waals surface area contributed by atoms with Crippen molar-refractivity contribution < 1.29 is 24.1 Å². The van der Waals surface area contributed by atoms with Crippen molar-refractivity contribution in [3.05, 3.63) is 72.1 Å². The van der Waals surface area contributed by atoms with Gasteiger partial charge in [-0.1, -0.05) is 6.07 Å². The van der Waals surface area contributed by atoms with E-state index >= 15 is 0 Å². The zero-order valence-electron chi connectivity index (χ0n) is 21.9. The first-order chi connectivity index (χ1) is 18.4. The van der Waals surface area contributed by atoms with Gasteiger partial charge in [0, 0.05) is 49.1 Å². The van der Waals surface area contributed by atoms with Gasteiger partial charge in [-0.15, -0.1) is 0 Å². The summed E-state index contributed by atoms with van der Waals surface area (Å²) in [5.41, 5.74) is 3.37. The summed E-state index contributed by atoms with van der Waals surface area (Å²) in [6.45, 7) is 3.47. The van der Waals surface area contributed by atoms with E-state index in [1.54, 1.807) is 50.2 Å². The van der Waals surface area contributed by atoms with Gasteiger partial charge >= 0.3 is 0 Å². The molecule has 1 N–H and O–H groups in total. The number of benzene rings is 2. The number of fused-ring (bicyclic) bond motifs is 1. The second-order valence-corrected chi connectivity index (χ2v) is 9.19. The standard InChI is InChI=1S/C28H31N5O5/c1-18-17-31(12-13-32(18)27(34)20-6-5-7-21(14-20)36-2)28(35)22-16-26-29-11-10-23(33(26)30-22)19-8-9-24(37-3)25(15-19)38-4/h5-11,14-16,18,28,35H,12-13,17H2,1-4H3/t18-,28?/m0/s1. The molecule has 1 aliphatic rings. The third-order valence-corrected chi connectivity index (χ3v) is 6.90. The van der Waals surface area contributed by atoms with Crippen LogP contribution in [0.1, 0.15) is 29.2 Å². The lowest BCUT2D eigenvalue weighted by Gasteiger charge is -2.41. The van der Waals surface area contributed by atoms with E-state index in [1.807, 2.05) is 53.1 Å². The third kappa shape index (κ3) is 4.75. The van der Waals surface area contributed by atoms with E-state index in [-0.39, 0.29) is 11.9 Å². The summed E-state index contributed by atoms with van der Waals surface area (Å²) >= 11 is 0. The fourth-order valence-electron chi connectivity index (χ4n) is 4.87. The van der Waals surface area contributed by atoms with Crippen LogP contribution in [-0.2, 0) is 0 Å². The van der Waals surface area contributed by atoms with Crippen LogP contribution in [0.4, 0.5) is 0 Å². The molecule has 0 spiro atoms. The number of hydrogen-bond donors (Lipinski definition) is 1. The normalized spacial score (nSPS) is 16.9. The van der Waals surface area contributed by atoms with Crippen LogP contribution >= 0.6 is 0 Å². The molecule has 0 bridgehead atoms. The van der Waals surface area contributed by atoms with Crippen molar-refractivity contribution >= 4 is 11.6 Å². The van der Waals surface area contributed by atoms with Gasteiger partial charge in [-0.3, -0.25) is 9.69 Å². The highest BCUT2D eigenvalue weighted by atomic mass is 16.5. The van der Waals surface area contributed by atoms with Gasteiger partial charge < -0.3 is 24.2 Å². The Balaban J connectivity index is 1.35. The number of aliphatic hydroxyl groups excluding tert-OH is 1. The van der Waals surface area contributed by atoms with E-state index in [2.05, 4.69) is 4.98 Å². The lowest BCUT2D eigenvalue weighted by Crippen LogP contribution is -2.54. The molecule has 1 aliphatic heterocycles. The number of aromatic nitrogens is 3. The van der Waals surface area contributed by atoms with Crippen molar-refractivity contribution in [2.75, 3.05) is 41.0 Å². The summed E-state index contributed by atoms with van der Waals surface area (Å²) in [5.74, 6) is 1.83. The number of rotatable bonds is 7. The molecule has 5 rings (SSSR count). The highest BCUT2D eigenvalue weighted by Crippen LogP contribution is 2.33. The molecule has 2 aromatic heterocycles. The number of nitrogens with zero attached hydrogens (tertiary/aromatic N) is 5. The average Bonchev–Trinajstić information content (AvgIpc) is 3.40. The van der Waals surface area contributed by atoms with Gasteiger partial charge in [-0.25, -0.2) is 9.50 Å². The van der Waals surface area contributed by atoms with Gasteiger partial charge in [0.2, 0.25) is 0 Å². The average molecular weight is 518 g/mol. The Labute approximate surface area is 221 Å². The van der Waals surface area contributed by atoms with Gasteiger partial charge in [-0.2, -0.15) is 5.10 Å². The fourth-order valence-corrected chi connectivity index (χ4v) is 4.87. The number of carbonyl (C=O) groups is 1. The van der Waals surface area contributed by atoms with Gasteiger partial charge in [0.25, 0.3) is 5.91 Å². The van der Waals surface area contributed by atoms with E-state index in [9.17, 15) is 9.90 Å². The lowest BCUT2D eigenvalue weighted by atomic mass is 10.1. The van der Waals surface area contributed by atoms with Gasteiger partial charge in [-0.05, 0) is 49.4 Å². The predicted octanol–water partition coefficient (Wildman–Crippen LogP) is 3.26. The SMILES string of the molecule is COc1cccc(C(=O)N2CCN(C(O)c3cc4nccc(-c5ccc(OC)c(OC)c5)n4n3)C[C@@H]2C)c1. The van der Waals surface area contributed by atoms with Crippen LogP contribution in [0, 0.1) is 0 Å². The first-order valence-corrected chi connectivity index (χ1v) is 12.4. The molecule has 0 aliphatic carbocycles. The zero-order chi connectivity index (χ0) is 26.8. The van der Waals surface area contributed by atoms with Crippen LogP contribution in [0.3, 0.4) is 0 Å². The van der Waals surface area contributed by atoms with Crippen molar-refractivity contribution in [3.8, 4) is 28.5 Å². The molecule has 1 unspecified atom stereocenters. The molecule has 10 nitrogen and oxygen atoms in total. The Morgan fingerprint density at radius 3 is 2.55 bits per heavy atom. The lowest BCUT2D eigenvalue weighted by molar-refractivity contribution is -0.0407. The monoisotopic (exact) mass is 517 g/mol. The molecule has 0 saturated carbocycles. The molecule has 1 fully saturated rings. The Kier molecular flexibility index (Phi) is 7.17. The van der Waals surface area contributed by atoms with Crippen molar-refractivity contribution in [3.63, 3.8) is 0 Å². The van der Waals surface area contributed by atoms with Crippen LogP contribution in [0.15, 0.2) is 60.8 Å². The summed E-state index contributed by atoms with van der Waals surface area (Å²) in [5, 5.41) is 16.0. The Bertz CT molecular complexity index is 1450. The minimum atomic E-state index is -0.938. The number of amides is 1. The molecule has 2 aromatic carbocycles. The molecular formula is C28H31N5O5. The van der Waals surface area contributed by atoms with Crippen LogP contribution in [-0.4, -0.2) is 82.4 Å². The number of methoxy groups -OCH3 is 3. The van der Waals surface area contributed by atoms with Gasteiger partial charge in [0.1, 0.15) is 11.4 Å². The smallest absolute Gasteiger partial charge is 0.254 e. The summed E-state index contributed by atoms with van der Waals surface area (Å²) < 4.78 is 17.8. The quantitative estimate of drug-likeness (QED) is 0.399. The third-order valence-electron chi connectivity index (χ3n) is 6.90. The minimum absolute atomic E-state index is 0.0537. The highest BCUT2D eigenvalue weighted by molar-refractivity contribution is 5.95. The number of aliphatic hydroxyl groups is 1. The molecule has 1 saturated heterocycles. The van der Waals surface area contributed by atoms with Gasteiger partial charge in [0.05, 0.1) is 27.0 Å². The van der Waals surface area contributed by atoms with E-state index in [4.69, 9.17) is 19.3 Å².